The van der Waals surface area contributed by atoms with Gasteiger partial charge in [-0.25, -0.2) is 4.98 Å². The van der Waals surface area contributed by atoms with Gasteiger partial charge in [0.05, 0.1) is 24.6 Å². The molecule has 1 saturated carbocycles. The quantitative estimate of drug-likeness (QED) is 0.351. The van der Waals surface area contributed by atoms with Crippen LogP contribution in [0, 0.1) is 11.8 Å². The number of carboxylic acid groups (broad SMARTS) is 1. The molecule has 1 aliphatic carbocycles. The molecule has 3 aromatic carbocycles. The summed E-state index contributed by atoms with van der Waals surface area (Å²) in [4.78, 5) is 29.6. The lowest BCUT2D eigenvalue weighted by atomic mass is 10.0. The van der Waals surface area contributed by atoms with Gasteiger partial charge in [0, 0.05) is 31.0 Å². The Balaban J connectivity index is 1.65. The summed E-state index contributed by atoms with van der Waals surface area (Å²) >= 11 is 0. The minimum absolute atomic E-state index is 0.500. The fraction of sp³-hybridized carbons (Fsp3) is 0.233. The second kappa shape index (κ2) is 10.2. The van der Waals surface area contributed by atoms with Gasteiger partial charge in [0.1, 0.15) is 5.82 Å². The number of hydrogen-bond acceptors (Lipinski definition) is 4. The highest BCUT2D eigenvalue weighted by Crippen LogP contribution is 2.55. The van der Waals surface area contributed by atoms with Crippen molar-refractivity contribution in [3.8, 4) is 0 Å². The van der Waals surface area contributed by atoms with E-state index in [1.165, 1.54) is 7.11 Å². The summed E-state index contributed by atoms with van der Waals surface area (Å²) in [5.41, 5.74) is 4.97. The third-order valence-electron chi connectivity index (χ3n) is 6.88. The third-order valence-corrected chi connectivity index (χ3v) is 6.88. The number of rotatable bonds is 9. The molecule has 6 heteroatoms. The highest BCUT2D eigenvalue weighted by atomic mass is 16.5. The Labute approximate surface area is 210 Å². The first-order chi connectivity index (χ1) is 17.6. The molecule has 6 nitrogen and oxygen atoms in total. The van der Waals surface area contributed by atoms with E-state index in [0.717, 1.165) is 28.2 Å². The van der Waals surface area contributed by atoms with E-state index in [1.54, 1.807) is 0 Å². The van der Waals surface area contributed by atoms with Crippen molar-refractivity contribution in [2.45, 2.75) is 25.3 Å². The molecule has 3 unspecified atom stereocenters. The molecule has 1 fully saturated rings. The van der Waals surface area contributed by atoms with Crippen molar-refractivity contribution < 1.29 is 19.4 Å². The summed E-state index contributed by atoms with van der Waals surface area (Å²) < 4.78 is 7.16. The van der Waals surface area contributed by atoms with Crippen LogP contribution in [0.4, 0.5) is 0 Å². The highest BCUT2D eigenvalue weighted by Gasteiger charge is 2.62. The van der Waals surface area contributed by atoms with E-state index in [4.69, 9.17) is 9.72 Å². The largest absolute Gasteiger partial charge is 0.481 e. The minimum atomic E-state index is -0.997. The summed E-state index contributed by atoms with van der Waals surface area (Å²) in [6.45, 7) is 0.603. The number of carbonyl (C=O) groups is 2. The average Bonchev–Trinajstić information content (AvgIpc) is 3.58. The summed E-state index contributed by atoms with van der Waals surface area (Å²) in [6.07, 6.45) is 1.18. The fourth-order valence-electron chi connectivity index (χ4n) is 5.05. The smallest absolute Gasteiger partial charge is 0.310 e. The Morgan fingerprint density at radius 1 is 0.806 bits per heavy atom. The molecular formula is C30H28N2O4. The van der Waals surface area contributed by atoms with Gasteiger partial charge in [-0.3, -0.25) is 9.59 Å². The number of imidazole rings is 1. The zero-order valence-electron chi connectivity index (χ0n) is 20.1. The van der Waals surface area contributed by atoms with Crippen LogP contribution in [-0.4, -0.2) is 33.7 Å². The van der Waals surface area contributed by atoms with E-state index in [9.17, 15) is 14.7 Å². The van der Waals surface area contributed by atoms with E-state index in [-0.39, 0.29) is 0 Å². The lowest BCUT2D eigenvalue weighted by molar-refractivity contribution is -0.146. The van der Waals surface area contributed by atoms with Crippen molar-refractivity contribution in [1.82, 2.24) is 9.55 Å². The number of nitrogens with zero attached hydrogens (tertiary/aromatic N) is 2. The molecule has 36 heavy (non-hydrogen) atoms. The number of carbonyl (C=O) groups excluding carboxylic acids is 1. The molecule has 4 aromatic rings. The summed E-state index contributed by atoms with van der Waals surface area (Å²) in [7, 11) is 1.30. The van der Waals surface area contributed by atoms with Crippen LogP contribution in [0.3, 0.4) is 0 Å². The maximum absolute atomic E-state index is 12.5. The van der Waals surface area contributed by atoms with Crippen molar-refractivity contribution in [2.75, 3.05) is 7.11 Å². The monoisotopic (exact) mass is 480 g/mol. The van der Waals surface area contributed by atoms with Crippen LogP contribution in [-0.2, 0) is 33.7 Å². The van der Waals surface area contributed by atoms with E-state index >= 15 is 0 Å². The normalized spacial score (nSPS) is 18.5. The molecule has 0 spiro atoms. The molecule has 1 N–H and O–H groups in total. The van der Waals surface area contributed by atoms with Crippen molar-refractivity contribution >= 4 is 11.9 Å². The molecule has 0 bridgehead atoms. The third kappa shape index (κ3) is 4.80. The predicted octanol–water partition coefficient (Wildman–Crippen LogP) is 4.70. The molecule has 0 amide bonds. The van der Waals surface area contributed by atoms with Crippen molar-refractivity contribution in [1.29, 1.82) is 0 Å². The number of esters is 1. The van der Waals surface area contributed by atoms with Crippen LogP contribution in [0.25, 0.3) is 0 Å². The topological polar surface area (TPSA) is 81.4 Å². The number of benzene rings is 3. The number of aliphatic carboxylic acids is 1. The second-order valence-corrected chi connectivity index (χ2v) is 9.20. The maximum Gasteiger partial charge on any atom is 0.310 e. The molecule has 182 valence electrons. The van der Waals surface area contributed by atoms with Gasteiger partial charge in [-0.05, 0) is 16.7 Å². The van der Waals surface area contributed by atoms with Crippen LogP contribution < -0.4 is 0 Å². The lowest BCUT2D eigenvalue weighted by Gasteiger charge is -2.14. The zero-order chi connectivity index (χ0) is 25.1. The summed E-state index contributed by atoms with van der Waals surface area (Å²) in [5.74, 6) is -2.72. The average molecular weight is 481 g/mol. The second-order valence-electron chi connectivity index (χ2n) is 9.20. The van der Waals surface area contributed by atoms with E-state index in [2.05, 4.69) is 41.0 Å². The minimum Gasteiger partial charge on any atom is -0.481 e. The fourth-order valence-corrected chi connectivity index (χ4v) is 5.05. The first-order valence-electron chi connectivity index (χ1n) is 12.1. The van der Waals surface area contributed by atoms with Gasteiger partial charge < -0.3 is 14.4 Å². The van der Waals surface area contributed by atoms with E-state index < -0.39 is 29.7 Å². The van der Waals surface area contributed by atoms with Crippen LogP contribution in [0.5, 0.6) is 0 Å². The molecule has 0 radical (unpaired) electrons. The van der Waals surface area contributed by atoms with Gasteiger partial charge in [-0.15, -0.1) is 0 Å². The van der Waals surface area contributed by atoms with Gasteiger partial charge in [0.15, 0.2) is 0 Å². The standard InChI is InChI=1S/C30H28N2O4/c1-36-30(35)27-25(26(27)29(33)34)28-23(17-20-11-5-2-6-12-20)32(19-22-15-9-4-10-16-22)24(31-28)18-21-13-7-3-8-14-21/h2-16,25-27H,17-19H2,1H3,(H,33,34). The van der Waals surface area contributed by atoms with E-state index in [0.29, 0.717) is 25.1 Å². The van der Waals surface area contributed by atoms with Gasteiger partial charge >= 0.3 is 11.9 Å². The molecular weight excluding hydrogens is 452 g/mol. The van der Waals surface area contributed by atoms with Gasteiger partial charge in [-0.1, -0.05) is 91.0 Å². The molecule has 1 aliphatic rings. The van der Waals surface area contributed by atoms with E-state index in [1.807, 2.05) is 54.6 Å². The number of aromatic nitrogens is 2. The highest BCUT2D eigenvalue weighted by molar-refractivity contribution is 5.89. The van der Waals surface area contributed by atoms with Crippen LogP contribution in [0.2, 0.25) is 0 Å². The number of methoxy groups -OCH3 is 1. The Morgan fingerprint density at radius 3 is 1.86 bits per heavy atom. The first-order valence-corrected chi connectivity index (χ1v) is 12.1. The van der Waals surface area contributed by atoms with Crippen molar-refractivity contribution in [3.63, 3.8) is 0 Å². The molecule has 1 aromatic heterocycles. The Kier molecular flexibility index (Phi) is 6.67. The molecule has 1 heterocycles. The van der Waals surface area contributed by atoms with Crippen LogP contribution >= 0.6 is 0 Å². The van der Waals surface area contributed by atoms with Crippen LogP contribution in [0.15, 0.2) is 91.0 Å². The summed E-state index contributed by atoms with van der Waals surface area (Å²) in [6, 6.07) is 30.3. The summed E-state index contributed by atoms with van der Waals surface area (Å²) in [5, 5.41) is 9.88. The zero-order valence-corrected chi connectivity index (χ0v) is 20.1. The number of ether oxygens (including phenoxy) is 1. The van der Waals surface area contributed by atoms with Crippen molar-refractivity contribution in [2.24, 2.45) is 11.8 Å². The maximum atomic E-state index is 12.5. The Hall–Kier alpha value is -4.19. The Morgan fingerprint density at radius 2 is 1.33 bits per heavy atom. The van der Waals surface area contributed by atoms with Gasteiger partial charge in [0.25, 0.3) is 0 Å². The molecule has 0 aliphatic heterocycles. The molecule has 5 rings (SSSR count). The lowest BCUT2D eigenvalue weighted by Crippen LogP contribution is -2.11. The number of hydrogen-bond donors (Lipinski definition) is 1. The van der Waals surface area contributed by atoms with Gasteiger partial charge in [0.2, 0.25) is 0 Å². The Bertz CT molecular complexity index is 1350. The SMILES string of the molecule is COC(=O)C1C(C(=O)O)C1c1nc(Cc2ccccc2)n(Cc2ccccc2)c1Cc1ccccc1. The predicted molar refractivity (Wildman–Crippen MR) is 136 cm³/mol. The van der Waals surface area contributed by atoms with Crippen LogP contribution in [0.1, 0.15) is 39.8 Å². The molecule has 0 saturated heterocycles. The number of carboxylic acids is 1. The van der Waals surface area contributed by atoms with Gasteiger partial charge in [-0.2, -0.15) is 0 Å². The van der Waals surface area contributed by atoms with Crippen molar-refractivity contribution in [3.05, 3.63) is 125 Å². The molecule has 3 atom stereocenters. The first kappa shape index (κ1) is 23.5.